The molecule has 0 unspecified atom stereocenters. The molecule has 0 radical (unpaired) electrons. The van der Waals surface area contributed by atoms with Gasteiger partial charge in [0, 0.05) is 21.2 Å². The van der Waals surface area contributed by atoms with Gasteiger partial charge in [0.05, 0.1) is 17.6 Å². The molecule has 2 heterocycles. The van der Waals surface area contributed by atoms with Crippen molar-refractivity contribution in [1.82, 2.24) is 9.97 Å². The van der Waals surface area contributed by atoms with E-state index in [1.807, 2.05) is 43.3 Å². The van der Waals surface area contributed by atoms with E-state index in [0.717, 1.165) is 48.6 Å². The summed E-state index contributed by atoms with van der Waals surface area (Å²) in [6, 6.07) is 15.9. The van der Waals surface area contributed by atoms with Crippen molar-refractivity contribution < 1.29 is 9.53 Å². The number of thiophene rings is 1. The normalized spacial score (nSPS) is 11.0. The van der Waals surface area contributed by atoms with E-state index < -0.39 is 0 Å². The third-order valence-electron chi connectivity index (χ3n) is 4.49. The average molecular weight is 499 g/mol. The molecule has 0 fully saturated rings. The number of ether oxygens (including phenoxy) is 1. The molecular formula is C23H19BrN2O2S2. The zero-order chi connectivity index (χ0) is 20.9. The molecular weight excluding hydrogens is 480 g/mol. The zero-order valence-electron chi connectivity index (χ0n) is 16.3. The Morgan fingerprint density at radius 1 is 1.10 bits per heavy atom. The van der Waals surface area contributed by atoms with Gasteiger partial charge in [-0.25, -0.2) is 14.8 Å². The second-order valence-corrected chi connectivity index (χ2v) is 9.37. The number of rotatable bonds is 7. The van der Waals surface area contributed by atoms with Crippen LogP contribution >= 0.6 is 39.0 Å². The second kappa shape index (κ2) is 9.73. The number of esters is 1. The van der Waals surface area contributed by atoms with Crippen molar-refractivity contribution in [2.24, 2.45) is 0 Å². The third kappa shape index (κ3) is 4.74. The molecule has 0 aliphatic carbocycles. The summed E-state index contributed by atoms with van der Waals surface area (Å²) in [5, 5.41) is 4.20. The first-order valence-corrected chi connectivity index (χ1v) is 12.2. The van der Waals surface area contributed by atoms with Crippen molar-refractivity contribution in [2.75, 3.05) is 6.61 Å². The van der Waals surface area contributed by atoms with Crippen LogP contribution in [0.5, 0.6) is 0 Å². The predicted octanol–water partition coefficient (Wildman–Crippen LogP) is 6.98. The van der Waals surface area contributed by atoms with Crippen LogP contribution in [-0.2, 0) is 10.5 Å². The number of nitrogens with zero attached hydrogens (tertiary/aromatic N) is 2. The first kappa shape index (κ1) is 21.0. The molecule has 7 heteroatoms. The summed E-state index contributed by atoms with van der Waals surface area (Å²) < 4.78 is 6.24. The number of benzene rings is 2. The van der Waals surface area contributed by atoms with Crippen LogP contribution in [0.3, 0.4) is 0 Å². The number of hydrogen-bond acceptors (Lipinski definition) is 6. The van der Waals surface area contributed by atoms with E-state index in [1.54, 1.807) is 29.4 Å². The van der Waals surface area contributed by atoms with E-state index in [4.69, 9.17) is 4.74 Å². The summed E-state index contributed by atoms with van der Waals surface area (Å²) in [4.78, 5) is 21.9. The number of thioether (sulfide) groups is 1. The van der Waals surface area contributed by atoms with Gasteiger partial charge >= 0.3 is 5.97 Å². The first-order chi connectivity index (χ1) is 14.7. The minimum absolute atomic E-state index is 0.272. The smallest absolute Gasteiger partial charge is 0.338 e. The lowest BCUT2D eigenvalue weighted by molar-refractivity contribution is 0.0505. The molecule has 0 spiro atoms. The van der Waals surface area contributed by atoms with Gasteiger partial charge in [-0.2, -0.15) is 0 Å². The Bertz CT molecular complexity index is 1160. The van der Waals surface area contributed by atoms with Crippen molar-refractivity contribution in [2.45, 2.75) is 24.1 Å². The molecule has 4 aromatic rings. The molecule has 0 saturated carbocycles. The Morgan fingerprint density at radius 2 is 1.87 bits per heavy atom. The topological polar surface area (TPSA) is 52.1 Å². The van der Waals surface area contributed by atoms with Gasteiger partial charge in [0.2, 0.25) is 0 Å². The number of halogens is 1. The summed E-state index contributed by atoms with van der Waals surface area (Å²) >= 11 is 6.81. The third-order valence-corrected chi connectivity index (χ3v) is 6.97. The fourth-order valence-corrected chi connectivity index (χ4v) is 5.18. The molecule has 0 aliphatic heterocycles. The van der Waals surface area contributed by atoms with Gasteiger partial charge in [-0.1, -0.05) is 47.1 Å². The van der Waals surface area contributed by atoms with Gasteiger partial charge in [-0.15, -0.1) is 23.1 Å². The molecule has 2 aromatic carbocycles. The second-order valence-electron chi connectivity index (χ2n) is 6.64. The van der Waals surface area contributed by atoms with E-state index in [1.165, 1.54) is 0 Å². The van der Waals surface area contributed by atoms with Crippen LogP contribution in [0.2, 0.25) is 0 Å². The van der Waals surface area contributed by atoms with E-state index in [0.29, 0.717) is 12.2 Å². The van der Waals surface area contributed by atoms with Gasteiger partial charge in [0.1, 0.15) is 16.2 Å². The molecule has 0 atom stereocenters. The lowest BCUT2D eigenvalue weighted by atomic mass is 10.1. The number of carbonyl (C=O) groups is 1. The molecule has 4 nitrogen and oxygen atoms in total. The Hall–Kier alpha value is -2.22. The van der Waals surface area contributed by atoms with Gasteiger partial charge in [0.15, 0.2) is 0 Å². The number of hydrogen-bond donors (Lipinski definition) is 0. The van der Waals surface area contributed by atoms with Crippen LogP contribution in [0.4, 0.5) is 0 Å². The fourth-order valence-electron chi connectivity index (χ4n) is 2.97. The Kier molecular flexibility index (Phi) is 6.82. The lowest BCUT2D eigenvalue weighted by Crippen LogP contribution is -2.05. The molecule has 0 saturated heterocycles. The summed E-state index contributed by atoms with van der Waals surface area (Å²) in [7, 11) is 0. The largest absolute Gasteiger partial charge is 0.462 e. The number of aromatic nitrogens is 2. The van der Waals surface area contributed by atoms with Crippen LogP contribution in [-0.4, -0.2) is 22.5 Å². The molecule has 0 aliphatic rings. The Labute approximate surface area is 191 Å². The maximum Gasteiger partial charge on any atom is 0.338 e. The number of carbonyl (C=O) groups excluding carboxylic acids is 1. The highest BCUT2D eigenvalue weighted by Gasteiger charge is 2.14. The Balaban J connectivity index is 1.54. The van der Waals surface area contributed by atoms with E-state index in [9.17, 15) is 4.79 Å². The van der Waals surface area contributed by atoms with Crippen LogP contribution in [0.25, 0.3) is 21.3 Å². The van der Waals surface area contributed by atoms with Crippen LogP contribution < -0.4 is 0 Å². The van der Waals surface area contributed by atoms with E-state index in [-0.39, 0.29) is 5.97 Å². The summed E-state index contributed by atoms with van der Waals surface area (Å²) in [5.41, 5.74) is 4.01. The van der Waals surface area contributed by atoms with Gasteiger partial charge in [-0.05, 0) is 41.8 Å². The van der Waals surface area contributed by atoms with Gasteiger partial charge in [-0.3, -0.25) is 0 Å². The monoisotopic (exact) mass is 498 g/mol. The molecule has 0 N–H and O–H groups in total. The molecule has 2 aromatic heterocycles. The van der Waals surface area contributed by atoms with Crippen molar-refractivity contribution in [3.63, 3.8) is 0 Å². The Morgan fingerprint density at radius 3 is 2.60 bits per heavy atom. The summed E-state index contributed by atoms with van der Waals surface area (Å²) in [6.45, 7) is 2.43. The summed E-state index contributed by atoms with van der Waals surface area (Å²) in [6.07, 6.45) is 2.44. The highest BCUT2D eigenvalue weighted by Crippen LogP contribution is 2.38. The highest BCUT2D eigenvalue weighted by molar-refractivity contribution is 9.10. The van der Waals surface area contributed by atoms with Crippen LogP contribution in [0.1, 0.15) is 29.3 Å². The molecule has 0 amide bonds. The van der Waals surface area contributed by atoms with Crippen molar-refractivity contribution in [1.29, 1.82) is 0 Å². The van der Waals surface area contributed by atoms with E-state index >= 15 is 0 Å². The highest BCUT2D eigenvalue weighted by atomic mass is 79.9. The lowest BCUT2D eigenvalue weighted by Gasteiger charge is -2.07. The van der Waals surface area contributed by atoms with E-state index in [2.05, 4.69) is 43.4 Å². The van der Waals surface area contributed by atoms with Gasteiger partial charge in [0.25, 0.3) is 0 Å². The van der Waals surface area contributed by atoms with Crippen molar-refractivity contribution in [3.8, 4) is 11.1 Å². The minimum atomic E-state index is -0.272. The minimum Gasteiger partial charge on any atom is -0.462 e. The average Bonchev–Trinajstić information content (AvgIpc) is 3.22. The van der Waals surface area contributed by atoms with Crippen molar-refractivity contribution in [3.05, 3.63) is 75.8 Å². The first-order valence-electron chi connectivity index (χ1n) is 9.52. The molecule has 4 rings (SSSR count). The quantitative estimate of drug-likeness (QED) is 0.156. The maximum absolute atomic E-state index is 12.0. The van der Waals surface area contributed by atoms with Crippen LogP contribution in [0.15, 0.2) is 69.7 Å². The zero-order valence-corrected chi connectivity index (χ0v) is 19.5. The molecule has 152 valence electrons. The van der Waals surface area contributed by atoms with Crippen LogP contribution in [0, 0.1) is 0 Å². The van der Waals surface area contributed by atoms with Crippen molar-refractivity contribution >= 4 is 55.2 Å². The SMILES string of the molecule is CCCOC(=O)c1ccc(CSc2ncnc3scc(-c4ccc(Br)cc4)c23)cc1. The fraction of sp³-hybridized carbons (Fsp3) is 0.174. The maximum atomic E-state index is 12.0. The number of fused-ring (bicyclic) bond motifs is 1. The molecule has 30 heavy (non-hydrogen) atoms. The molecule has 0 bridgehead atoms. The predicted molar refractivity (Wildman–Crippen MR) is 127 cm³/mol. The summed E-state index contributed by atoms with van der Waals surface area (Å²) in [5.74, 6) is 0.484. The standard InChI is InChI=1S/C23H19BrN2O2S2/c1-2-11-28-23(27)17-5-3-15(4-6-17)12-29-21-20-19(13-30-22(20)26-14-25-21)16-7-9-18(24)10-8-16/h3-10,13-14H,2,11-12H2,1H3. The van der Waals surface area contributed by atoms with Gasteiger partial charge < -0.3 is 4.74 Å².